The van der Waals surface area contributed by atoms with Gasteiger partial charge in [0.15, 0.2) is 5.96 Å². The van der Waals surface area contributed by atoms with Crippen LogP contribution in [0.3, 0.4) is 0 Å². The number of hydrogen-bond donors (Lipinski definition) is 2. The number of hydrogen-bond acceptors (Lipinski definition) is 4. The molecule has 0 spiro atoms. The van der Waals surface area contributed by atoms with Crippen LogP contribution in [0.5, 0.6) is 0 Å². The molecular formula is C20H30IN5S. The van der Waals surface area contributed by atoms with Crippen LogP contribution in [-0.2, 0) is 13.1 Å². The van der Waals surface area contributed by atoms with Gasteiger partial charge < -0.3 is 15.5 Å². The molecule has 0 saturated heterocycles. The predicted octanol–water partition coefficient (Wildman–Crippen LogP) is 4.05. The zero-order valence-corrected chi connectivity index (χ0v) is 19.9. The van der Waals surface area contributed by atoms with E-state index in [1.54, 1.807) is 11.8 Å². The molecule has 2 aromatic rings. The fourth-order valence-corrected chi connectivity index (χ4v) is 3.34. The summed E-state index contributed by atoms with van der Waals surface area (Å²) >= 11 is 1.77. The lowest BCUT2D eigenvalue weighted by Gasteiger charge is -2.17. The van der Waals surface area contributed by atoms with Gasteiger partial charge in [-0.1, -0.05) is 18.2 Å². The van der Waals surface area contributed by atoms with Gasteiger partial charge in [0.1, 0.15) is 5.82 Å². The third-order valence-corrected chi connectivity index (χ3v) is 4.75. The van der Waals surface area contributed by atoms with Gasteiger partial charge in [0.2, 0.25) is 0 Å². The Balaban J connectivity index is 0.00000364. The van der Waals surface area contributed by atoms with Crippen molar-refractivity contribution in [2.24, 2.45) is 4.99 Å². The van der Waals surface area contributed by atoms with E-state index < -0.39 is 0 Å². The third-order valence-electron chi connectivity index (χ3n) is 3.93. The summed E-state index contributed by atoms with van der Waals surface area (Å²) in [6.45, 7) is 6.35. The topological polar surface area (TPSA) is 52.6 Å². The maximum atomic E-state index is 4.76. The number of aromatic nitrogens is 1. The maximum Gasteiger partial charge on any atom is 0.191 e. The van der Waals surface area contributed by atoms with E-state index in [0.29, 0.717) is 13.1 Å². The molecule has 5 nitrogen and oxygen atoms in total. The minimum Gasteiger partial charge on any atom is -0.362 e. The number of nitrogens with zero attached hydrogens (tertiary/aromatic N) is 3. The van der Waals surface area contributed by atoms with E-state index in [2.05, 4.69) is 60.0 Å². The molecule has 1 heterocycles. The van der Waals surface area contributed by atoms with E-state index in [1.165, 1.54) is 16.0 Å². The van der Waals surface area contributed by atoms with Gasteiger partial charge in [-0.05, 0) is 43.4 Å². The van der Waals surface area contributed by atoms with Crippen molar-refractivity contribution in [2.75, 3.05) is 31.8 Å². The van der Waals surface area contributed by atoms with Crippen molar-refractivity contribution in [1.29, 1.82) is 0 Å². The fraction of sp³-hybridized carbons (Fsp3) is 0.400. The SMILES string of the molecule is CCNC(=NCc1ccc(C)cc1SC)NCc1cccnc1N(C)C.I. The summed E-state index contributed by atoms with van der Waals surface area (Å²) in [5, 5.41) is 6.74. The quantitative estimate of drug-likeness (QED) is 0.261. The zero-order chi connectivity index (χ0) is 18.9. The Hall–Kier alpha value is -1.48. The molecule has 0 aliphatic heterocycles. The van der Waals surface area contributed by atoms with Gasteiger partial charge in [-0.15, -0.1) is 35.7 Å². The summed E-state index contributed by atoms with van der Waals surface area (Å²) in [6, 6.07) is 10.6. The van der Waals surface area contributed by atoms with Gasteiger partial charge in [0, 0.05) is 43.8 Å². The number of rotatable bonds is 7. The minimum atomic E-state index is 0. The summed E-state index contributed by atoms with van der Waals surface area (Å²) in [4.78, 5) is 12.5. The summed E-state index contributed by atoms with van der Waals surface area (Å²) in [5.74, 6) is 1.78. The van der Waals surface area contributed by atoms with E-state index in [-0.39, 0.29) is 24.0 Å². The summed E-state index contributed by atoms with van der Waals surface area (Å²) in [6.07, 6.45) is 3.93. The first kappa shape index (κ1) is 23.6. The molecule has 0 saturated carbocycles. The molecule has 0 unspecified atom stereocenters. The Labute approximate surface area is 184 Å². The molecule has 0 amide bonds. The van der Waals surface area contributed by atoms with Gasteiger partial charge >= 0.3 is 0 Å². The van der Waals surface area contributed by atoms with Crippen LogP contribution in [0.15, 0.2) is 46.4 Å². The second kappa shape index (κ2) is 12.1. The van der Waals surface area contributed by atoms with Crippen LogP contribution in [0.2, 0.25) is 0 Å². The number of thioether (sulfide) groups is 1. The Morgan fingerprint density at radius 2 is 1.96 bits per heavy atom. The van der Waals surface area contributed by atoms with Crippen molar-refractivity contribution in [1.82, 2.24) is 15.6 Å². The summed E-state index contributed by atoms with van der Waals surface area (Å²) in [5.41, 5.74) is 3.67. The van der Waals surface area contributed by atoms with Gasteiger partial charge in [-0.2, -0.15) is 0 Å². The molecule has 0 radical (unpaired) electrons. The van der Waals surface area contributed by atoms with Crippen LogP contribution in [-0.4, -0.2) is 37.8 Å². The average Bonchev–Trinajstić information content (AvgIpc) is 2.64. The van der Waals surface area contributed by atoms with Gasteiger partial charge in [-0.3, -0.25) is 0 Å². The number of benzene rings is 1. The number of aryl methyl sites for hydroxylation is 1. The lowest BCUT2D eigenvalue weighted by molar-refractivity contribution is 0.808. The number of guanidine groups is 1. The van der Waals surface area contributed by atoms with Crippen molar-refractivity contribution in [3.05, 3.63) is 53.2 Å². The highest BCUT2D eigenvalue weighted by Gasteiger charge is 2.07. The van der Waals surface area contributed by atoms with Gasteiger partial charge in [0.05, 0.1) is 6.54 Å². The molecule has 0 fully saturated rings. The lowest BCUT2D eigenvalue weighted by atomic mass is 10.1. The largest absolute Gasteiger partial charge is 0.362 e. The van der Waals surface area contributed by atoms with E-state index in [9.17, 15) is 0 Å². The molecular weight excluding hydrogens is 469 g/mol. The molecule has 148 valence electrons. The molecule has 2 N–H and O–H groups in total. The lowest BCUT2D eigenvalue weighted by Crippen LogP contribution is -2.37. The normalized spacial score (nSPS) is 10.9. The van der Waals surface area contributed by atoms with Crippen molar-refractivity contribution < 1.29 is 0 Å². The Morgan fingerprint density at radius 3 is 2.63 bits per heavy atom. The third kappa shape index (κ3) is 7.21. The molecule has 0 aliphatic carbocycles. The second-order valence-electron chi connectivity index (χ2n) is 6.24. The van der Waals surface area contributed by atoms with Crippen molar-refractivity contribution in [2.45, 2.75) is 31.8 Å². The number of anilines is 1. The van der Waals surface area contributed by atoms with Crippen LogP contribution in [0, 0.1) is 6.92 Å². The smallest absolute Gasteiger partial charge is 0.191 e. The van der Waals surface area contributed by atoms with Crippen molar-refractivity contribution in [3.63, 3.8) is 0 Å². The summed E-state index contributed by atoms with van der Waals surface area (Å²) in [7, 11) is 4.01. The molecule has 27 heavy (non-hydrogen) atoms. The highest BCUT2D eigenvalue weighted by molar-refractivity contribution is 14.0. The number of nitrogens with one attached hydrogen (secondary N) is 2. The van der Waals surface area contributed by atoms with Crippen LogP contribution in [0.25, 0.3) is 0 Å². The van der Waals surface area contributed by atoms with E-state index >= 15 is 0 Å². The fourth-order valence-electron chi connectivity index (χ4n) is 2.64. The first-order chi connectivity index (χ1) is 12.5. The van der Waals surface area contributed by atoms with Gasteiger partial charge in [-0.25, -0.2) is 9.98 Å². The second-order valence-corrected chi connectivity index (χ2v) is 7.09. The molecule has 0 atom stereocenters. The van der Waals surface area contributed by atoms with E-state index in [0.717, 1.165) is 23.9 Å². The monoisotopic (exact) mass is 499 g/mol. The summed E-state index contributed by atoms with van der Waals surface area (Å²) < 4.78 is 0. The molecule has 2 rings (SSSR count). The highest BCUT2D eigenvalue weighted by Crippen LogP contribution is 2.22. The average molecular weight is 499 g/mol. The molecule has 1 aromatic carbocycles. The molecule has 0 bridgehead atoms. The number of pyridine rings is 1. The van der Waals surface area contributed by atoms with Crippen LogP contribution >= 0.6 is 35.7 Å². The number of aliphatic imine (C=N–C) groups is 1. The maximum absolute atomic E-state index is 4.76. The molecule has 1 aromatic heterocycles. The first-order valence-corrected chi connectivity index (χ1v) is 10.0. The van der Waals surface area contributed by atoms with Crippen LogP contribution in [0.1, 0.15) is 23.6 Å². The number of halogens is 1. The van der Waals surface area contributed by atoms with Crippen LogP contribution < -0.4 is 15.5 Å². The zero-order valence-electron chi connectivity index (χ0n) is 16.7. The highest BCUT2D eigenvalue weighted by atomic mass is 127. The van der Waals surface area contributed by atoms with E-state index in [4.69, 9.17) is 4.99 Å². The minimum absolute atomic E-state index is 0. The standard InChI is InChI=1S/C20H29N5S.HI/c1-6-21-20(23-13-16-10-9-15(2)12-18(16)26-5)24-14-17-8-7-11-22-19(17)25(3)4;/h7-12H,6,13-14H2,1-5H3,(H2,21,23,24);1H. The Kier molecular flexibility index (Phi) is 10.5. The Bertz CT molecular complexity index is 749. The molecule has 7 heteroatoms. The Morgan fingerprint density at radius 1 is 1.19 bits per heavy atom. The first-order valence-electron chi connectivity index (χ1n) is 8.82. The predicted molar refractivity (Wildman–Crippen MR) is 129 cm³/mol. The molecule has 0 aliphatic rings. The van der Waals surface area contributed by atoms with Crippen LogP contribution in [0.4, 0.5) is 5.82 Å². The van der Waals surface area contributed by atoms with Crippen molar-refractivity contribution >= 4 is 47.5 Å². The van der Waals surface area contributed by atoms with E-state index in [1.807, 2.05) is 31.3 Å². The van der Waals surface area contributed by atoms with Gasteiger partial charge in [0.25, 0.3) is 0 Å². The van der Waals surface area contributed by atoms with Crippen molar-refractivity contribution in [3.8, 4) is 0 Å².